The number of benzene rings is 1. The normalized spacial score (nSPS) is 9.38. The average molecular weight is 216 g/mol. The summed E-state index contributed by atoms with van der Waals surface area (Å²) in [4.78, 5) is 0. The summed E-state index contributed by atoms with van der Waals surface area (Å²) in [5.74, 6) is 0.538. The van der Waals surface area contributed by atoms with Crippen molar-refractivity contribution in [3.63, 3.8) is 0 Å². The summed E-state index contributed by atoms with van der Waals surface area (Å²) >= 11 is 11.7. The fourth-order valence-corrected chi connectivity index (χ4v) is 1.48. The zero-order valence-corrected chi connectivity index (χ0v) is 8.49. The van der Waals surface area contributed by atoms with Gasteiger partial charge in [0.25, 0.3) is 0 Å². The van der Waals surface area contributed by atoms with Crippen LogP contribution in [0.25, 0.3) is 0 Å². The molecule has 1 aromatic rings. The summed E-state index contributed by atoms with van der Waals surface area (Å²) in [5, 5.41) is 9.44. The summed E-state index contributed by atoms with van der Waals surface area (Å²) in [6.07, 6.45) is 0.256. The first kappa shape index (κ1) is 10.2. The number of hydrogen-bond donors (Lipinski definition) is 0. The van der Waals surface area contributed by atoms with Gasteiger partial charge in [-0.2, -0.15) is 5.26 Å². The Kier molecular flexibility index (Phi) is 3.41. The predicted octanol–water partition coefficient (Wildman–Crippen LogP) is 3.07. The standard InChI is InChI=1S/C9H7Cl2NO/c1-13-9-4-6(2-3-12)7(10)5-8(9)11/h4-5H,2H2,1H3. The fraction of sp³-hybridized carbons (Fsp3) is 0.222. The molecule has 0 atom stereocenters. The van der Waals surface area contributed by atoms with Crippen LogP contribution in [0.1, 0.15) is 5.56 Å². The molecule has 0 aliphatic carbocycles. The lowest BCUT2D eigenvalue weighted by molar-refractivity contribution is 0.414. The van der Waals surface area contributed by atoms with Gasteiger partial charge in [-0.15, -0.1) is 0 Å². The van der Waals surface area contributed by atoms with E-state index in [1.807, 2.05) is 6.07 Å². The van der Waals surface area contributed by atoms with Crippen LogP contribution in [-0.4, -0.2) is 7.11 Å². The minimum atomic E-state index is 0.256. The Bertz CT molecular complexity index is 357. The van der Waals surface area contributed by atoms with E-state index in [4.69, 9.17) is 33.2 Å². The van der Waals surface area contributed by atoms with Crippen molar-refractivity contribution in [3.8, 4) is 11.8 Å². The molecule has 1 rings (SSSR count). The summed E-state index contributed by atoms with van der Waals surface area (Å²) in [5.41, 5.74) is 0.727. The Morgan fingerprint density at radius 3 is 2.62 bits per heavy atom. The number of halogens is 2. The summed E-state index contributed by atoms with van der Waals surface area (Å²) in [6, 6.07) is 5.26. The third-order valence-corrected chi connectivity index (χ3v) is 2.24. The molecule has 0 amide bonds. The number of methoxy groups -OCH3 is 1. The second-order valence-corrected chi connectivity index (χ2v) is 3.23. The van der Waals surface area contributed by atoms with Crippen molar-refractivity contribution in [2.24, 2.45) is 0 Å². The van der Waals surface area contributed by atoms with Crippen LogP contribution in [0, 0.1) is 11.3 Å². The lowest BCUT2D eigenvalue weighted by Crippen LogP contribution is -1.89. The number of nitrogens with zero attached hydrogens (tertiary/aromatic N) is 1. The highest BCUT2D eigenvalue weighted by molar-refractivity contribution is 6.36. The minimum absolute atomic E-state index is 0.256. The van der Waals surface area contributed by atoms with Crippen molar-refractivity contribution < 1.29 is 4.74 Å². The van der Waals surface area contributed by atoms with Crippen molar-refractivity contribution in [3.05, 3.63) is 27.7 Å². The number of hydrogen-bond acceptors (Lipinski definition) is 2. The number of nitriles is 1. The molecule has 13 heavy (non-hydrogen) atoms. The first-order chi connectivity index (χ1) is 6.19. The van der Waals surface area contributed by atoms with E-state index in [0.717, 1.165) is 5.56 Å². The molecule has 0 aliphatic heterocycles. The second kappa shape index (κ2) is 4.36. The van der Waals surface area contributed by atoms with Gasteiger partial charge in [0.2, 0.25) is 0 Å². The first-order valence-electron chi connectivity index (χ1n) is 3.58. The van der Waals surface area contributed by atoms with Gasteiger partial charge < -0.3 is 4.74 Å². The van der Waals surface area contributed by atoms with Gasteiger partial charge in [-0.25, -0.2) is 0 Å². The summed E-state index contributed by atoms with van der Waals surface area (Å²) in [7, 11) is 1.52. The zero-order chi connectivity index (χ0) is 9.84. The van der Waals surface area contributed by atoms with Crippen LogP contribution in [0.5, 0.6) is 5.75 Å². The van der Waals surface area contributed by atoms with E-state index in [9.17, 15) is 0 Å². The quantitative estimate of drug-likeness (QED) is 0.760. The van der Waals surface area contributed by atoms with Crippen molar-refractivity contribution in [1.29, 1.82) is 5.26 Å². The molecular weight excluding hydrogens is 209 g/mol. The third kappa shape index (κ3) is 2.27. The molecule has 0 aliphatic rings. The Morgan fingerprint density at radius 1 is 1.38 bits per heavy atom. The molecule has 0 saturated heterocycles. The molecule has 0 bridgehead atoms. The van der Waals surface area contributed by atoms with Crippen LogP contribution < -0.4 is 4.74 Å². The lowest BCUT2D eigenvalue weighted by atomic mass is 10.1. The SMILES string of the molecule is COc1cc(CC#N)c(Cl)cc1Cl. The van der Waals surface area contributed by atoms with E-state index in [2.05, 4.69) is 0 Å². The predicted molar refractivity (Wildman–Crippen MR) is 52.3 cm³/mol. The molecule has 2 nitrogen and oxygen atoms in total. The maximum Gasteiger partial charge on any atom is 0.137 e. The molecule has 0 unspecified atom stereocenters. The van der Waals surface area contributed by atoms with Crippen LogP contribution in [0.4, 0.5) is 0 Å². The van der Waals surface area contributed by atoms with E-state index in [-0.39, 0.29) is 6.42 Å². The molecule has 68 valence electrons. The van der Waals surface area contributed by atoms with Gasteiger partial charge >= 0.3 is 0 Å². The highest BCUT2D eigenvalue weighted by Gasteiger charge is 2.06. The maximum atomic E-state index is 8.49. The van der Waals surface area contributed by atoms with Gasteiger partial charge in [0, 0.05) is 5.02 Å². The monoisotopic (exact) mass is 215 g/mol. The molecular formula is C9H7Cl2NO. The Balaban J connectivity index is 3.16. The molecule has 0 fully saturated rings. The highest BCUT2D eigenvalue weighted by atomic mass is 35.5. The maximum absolute atomic E-state index is 8.49. The van der Waals surface area contributed by atoms with Crippen LogP contribution >= 0.6 is 23.2 Å². The van der Waals surface area contributed by atoms with Crippen molar-refractivity contribution in [2.75, 3.05) is 7.11 Å². The molecule has 1 aromatic carbocycles. The number of rotatable bonds is 2. The van der Waals surface area contributed by atoms with Crippen LogP contribution in [0.3, 0.4) is 0 Å². The van der Waals surface area contributed by atoms with E-state index >= 15 is 0 Å². The van der Waals surface area contributed by atoms with Crippen LogP contribution in [0.15, 0.2) is 12.1 Å². The minimum Gasteiger partial charge on any atom is -0.495 e. The Morgan fingerprint density at radius 2 is 2.08 bits per heavy atom. The number of ether oxygens (including phenoxy) is 1. The van der Waals surface area contributed by atoms with Crippen molar-refractivity contribution >= 4 is 23.2 Å². The molecule has 0 heterocycles. The van der Waals surface area contributed by atoms with Gasteiger partial charge in [0.15, 0.2) is 0 Å². The van der Waals surface area contributed by atoms with E-state index in [1.54, 1.807) is 12.1 Å². The molecule has 0 saturated carbocycles. The molecule has 0 radical (unpaired) electrons. The third-order valence-electron chi connectivity index (χ3n) is 1.59. The van der Waals surface area contributed by atoms with Gasteiger partial charge in [0.05, 0.1) is 24.6 Å². The van der Waals surface area contributed by atoms with E-state index < -0.39 is 0 Å². The largest absolute Gasteiger partial charge is 0.495 e. The van der Waals surface area contributed by atoms with Gasteiger partial charge in [-0.3, -0.25) is 0 Å². The summed E-state index contributed by atoms with van der Waals surface area (Å²) in [6.45, 7) is 0. The zero-order valence-electron chi connectivity index (χ0n) is 6.97. The van der Waals surface area contributed by atoms with Crippen LogP contribution in [-0.2, 0) is 6.42 Å². The topological polar surface area (TPSA) is 33.0 Å². The van der Waals surface area contributed by atoms with Gasteiger partial charge in [-0.05, 0) is 17.7 Å². The Labute approximate surface area is 86.6 Å². The van der Waals surface area contributed by atoms with Gasteiger partial charge in [-0.1, -0.05) is 23.2 Å². The first-order valence-corrected chi connectivity index (χ1v) is 4.33. The molecule has 4 heteroatoms. The fourth-order valence-electron chi connectivity index (χ4n) is 0.948. The molecule has 0 aromatic heterocycles. The van der Waals surface area contributed by atoms with Crippen molar-refractivity contribution in [1.82, 2.24) is 0 Å². The van der Waals surface area contributed by atoms with Crippen molar-refractivity contribution in [2.45, 2.75) is 6.42 Å². The Hall–Kier alpha value is -0.910. The van der Waals surface area contributed by atoms with Gasteiger partial charge in [0.1, 0.15) is 5.75 Å². The van der Waals surface area contributed by atoms with E-state index in [0.29, 0.717) is 15.8 Å². The molecule has 0 N–H and O–H groups in total. The second-order valence-electron chi connectivity index (χ2n) is 2.41. The molecule has 0 spiro atoms. The highest BCUT2D eigenvalue weighted by Crippen LogP contribution is 2.30. The lowest BCUT2D eigenvalue weighted by Gasteiger charge is -2.06. The average Bonchev–Trinajstić information content (AvgIpc) is 2.10. The van der Waals surface area contributed by atoms with Crippen LogP contribution in [0.2, 0.25) is 10.0 Å². The smallest absolute Gasteiger partial charge is 0.137 e. The summed E-state index contributed by atoms with van der Waals surface area (Å²) < 4.78 is 4.99. The van der Waals surface area contributed by atoms with E-state index in [1.165, 1.54) is 7.11 Å².